The second-order valence-electron chi connectivity index (χ2n) is 6.02. The number of imidazole rings is 1. The average molecular weight is 403 g/mol. The highest BCUT2D eigenvalue weighted by molar-refractivity contribution is 7.17. The molecule has 0 saturated heterocycles. The van der Waals surface area contributed by atoms with Gasteiger partial charge in [0.2, 0.25) is 0 Å². The van der Waals surface area contributed by atoms with Crippen molar-refractivity contribution in [3.8, 4) is 11.4 Å². The lowest BCUT2D eigenvalue weighted by atomic mass is 10.1. The molecule has 3 heterocycles. The number of rotatable bonds is 4. The van der Waals surface area contributed by atoms with Gasteiger partial charge in [-0.3, -0.25) is 4.98 Å². The molecule has 28 heavy (non-hydrogen) atoms. The van der Waals surface area contributed by atoms with Crippen LogP contribution in [0.5, 0.6) is 0 Å². The molecule has 0 fully saturated rings. The van der Waals surface area contributed by atoms with Crippen LogP contribution < -0.4 is 0 Å². The minimum Gasteiger partial charge on any atom is -0.477 e. The smallest absolute Gasteiger partial charge is 0.435 e. The van der Waals surface area contributed by atoms with E-state index in [0.717, 1.165) is 20.2 Å². The predicted octanol–water partition coefficient (Wildman–Crippen LogP) is 4.93. The standard InChI is InChI=1S/C19H12F3N3O2S/c20-19(21,22)16-15(18(26)27)25(17(24-16)11-4-3-7-23-8-11)9-12-10-28-14-6-2-1-5-13(12)14/h1-8,10H,9H2,(H,26,27). The number of hydrogen-bond acceptors (Lipinski definition) is 4. The SMILES string of the molecule is O=C(O)c1c(C(F)(F)F)nc(-c2cccnc2)n1Cc1csc2ccccc12. The molecule has 0 spiro atoms. The Balaban J connectivity index is 1.96. The van der Waals surface area contributed by atoms with Crippen molar-refractivity contribution in [3.63, 3.8) is 0 Å². The fraction of sp³-hybridized carbons (Fsp3) is 0.105. The molecule has 0 atom stereocenters. The molecule has 0 saturated carbocycles. The number of carboxylic acid groups (broad SMARTS) is 1. The quantitative estimate of drug-likeness (QED) is 0.525. The largest absolute Gasteiger partial charge is 0.477 e. The summed E-state index contributed by atoms with van der Waals surface area (Å²) in [6.45, 7) is -0.0566. The molecular weight excluding hydrogens is 391 g/mol. The fourth-order valence-electron chi connectivity index (χ4n) is 3.06. The lowest BCUT2D eigenvalue weighted by molar-refractivity contribution is -0.141. The van der Waals surface area contributed by atoms with E-state index in [1.54, 1.807) is 12.1 Å². The summed E-state index contributed by atoms with van der Waals surface area (Å²) in [5.41, 5.74) is -1.28. The molecule has 3 aromatic heterocycles. The number of fused-ring (bicyclic) bond motifs is 1. The van der Waals surface area contributed by atoms with E-state index >= 15 is 0 Å². The van der Waals surface area contributed by atoms with Crippen molar-refractivity contribution in [2.75, 3.05) is 0 Å². The molecule has 4 aromatic rings. The number of halogens is 3. The highest BCUT2D eigenvalue weighted by Gasteiger charge is 2.41. The topological polar surface area (TPSA) is 68.0 Å². The number of pyridine rings is 1. The summed E-state index contributed by atoms with van der Waals surface area (Å²) in [6, 6.07) is 10.6. The molecule has 142 valence electrons. The summed E-state index contributed by atoms with van der Waals surface area (Å²) in [5.74, 6) is -1.78. The zero-order valence-electron chi connectivity index (χ0n) is 14.1. The third kappa shape index (κ3) is 3.13. The van der Waals surface area contributed by atoms with Crippen molar-refractivity contribution in [2.24, 2.45) is 0 Å². The van der Waals surface area contributed by atoms with Crippen molar-refractivity contribution < 1.29 is 23.1 Å². The summed E-state index contributed by atoms with van der Waals surface area (Å²) in [6.07, 6.45) is -2.06. The second kappa shape index (κ2) is 6.75. The van der Waals surface area contributed by atoms with Crippen LogP contribution >= 0.6 is 11.3 Å². The molecule has 1 aromatic carbocycles. The van der Waals surface area contributed by atoms with Gasteiger partial charge in [0.1, 0.15) is 5.82 Å². The Morgan fingerprint density at radius 3 is 2.64 bits per heavy atom. The van der Waals surface area contributed by atoms with Crippen molar-refractivity contribution in [1.82, 2.24) is 14.5 Å². The first-order valence-corrected chi connectivity index (χ1v) is 9.00. The molecule has 0 aliphatic rings. The Hall–Kier alpha value is -3.20. The highest BCUT2D eigenvalue weighted by Crippen LogP contribution is 2.36. The Labute approximate surface area is 160 Å². The molecule has 0 amide bonds. The maximum atomic E-state index is 13.5. The normalized spacial score (nSPS) is 11.8. The van der Waals surface area contributed by atoms with E-state index in [1.807, 2.05) is 29.6 Å². The first-order chi connectivity index (χ1) is 13.4. The number of alkyl halides is 3. The Kier molecular flexibility index (Phi) is 4.38. The van der Waals surface area contributed by atoms with Crippen molar-refractivity contribution in [1.29, 1.82) is 0 Å². The van der Waals surface area contributed by atoms with Crippen LogP contribution in [-0.2, 0) is 12.7 Å². The highest BCUT2D eigenvalue weighted by atomic mass is 32.1. The first kappa shape index (κ1) is 18.2. The predicted molar refractivity (Wildman–Crippen MR) is 98.3 cm³/mol. The molecule has 5 nitrogen and oxygen atoms in total. The first-order valence-electron chi connectivity index (χ1n) is 8.13. The summed E-state index contributed by atoms with van der Waals surface area (Å²) >= 11 is 1.45. The number of carboxylic acids is 1. The summed E-state index contributed by atoms with van der Waals surface area (Å²) < 4.78 is 42.6. The van der Waals surface area contributed by atoms with Crippen molar-refractivity contribution in [3.05, 3.63) is 71.1 Å². The molecule has 4 rings (SSSR count). The Morgan fingerprint density at radius 2 is 1.96 bits per heavy atom. The van der Waals surface area contributed by atoms with Crippen LogP contribution in [0.2, 0.25) is 0 Å². The third-order valence-electron chi connectivity index (χ3n) is 4.25. The van der Waals surface area contributed by atoms with E-state index < -0.39 is 23.5 Å². The van der Waals surface area contributed by atoms with E-state index in [1.165, 1.54) is 23.7 Å². The van der Waals surface area contributed by atoms with Gasteiger partial charge in [-0.05, 0) is 34.5 Å². The van der Waals surface area contributed by atoms with Crippen LogP contribution in [0.4, 0.5) is 13.2 Å². The molecule has 0 radical (unpaired) electrons. The lowest BCUT2D eigenvalue weighted by Crippen LogP contribution is -2.16. The number of thiophene rings is 1. The number of aromatic nitrogens is 3. The van der Waals surface area contributed by atoms with Gasteiger partial charge in [0.25, 0.3) is 0 Å². The Bertz CT molecular complexity index is 1170. The van der Waals surface area contributed by atoms with Gasteiger partial charge in [-0.2, -0.15) is 13.2 Å². The minimum atomic E-state index is -4.90. The summed E-state index contributed by atoms with van der Waals surface area (Å²) in [4.78, 5) is 19.3. The number of aromatic carboxylic acids is 1. The molecule has 0 unspecified atom stereocenters. The zero-order chi connectivity index (χ0) is 19.9. The molecule has 0 aliphatic heterocycles. The molecule has 9 heteroatoms. The third-order valence-corrected chi connectivity index (χ3v) is 5.26. The van der Waals surface area contributed by atoms with Gasteiger partial charge in [0, 0.05) is 22.7 Å². The zero-order valence-corrected chi connectivity index (χ0v) is 15.0. The van der Waals surface area contributed by atoms with Crippen LogP contribution in [0.3, 0.4) is 0 Å². The van der Waals surface area contributed by atoms with E-state index in [-0.39, 0.29) is 12.4 Å². The second-order valence-corrected chi connectivity index (χ2v) is 6.93. The van der Waals surface area contributed by atoms with Crippen molar-refractivity contribution >= 4 is 27.4 Å². The number of carbonyl (C=O) groups is 1. The molecule has 0 aliphatic carbocycles. The van der Waals surface area contributed by atoms with Gasteiger partial charge in [-0.25, -0.2) is 9.78 Å². The maximum Gasteiger partial charge on any atom is 0.435 e. The van der Waals surface area contributed by atoms with E-state index in [9.17, 15) is 23.1 Å². The number of nitrogens with zero attached hydrogens (tertiary/aromatic N) is 3. The van der Waals surface area contributed by atoms with E-state index in [0.29, 0.717) is 5.56 Å². The summed E-state index contributed by atoms with van der Waals surface area (Å²) in [5, 5.41) is 12.2. The van der Waals surface area contributed by atoms with Gasteiger partial charge >= 0.3 is 12.1 Å². The van der Waals surface area contributed by atoms with Gasteiger partial charge < -0.3 is 9.67 Å². The molecule has 0 bridgehead atoms. The van der Waals surface area contributed by atoms with Gasteiger partial charge in [0.05, 0.1) is 6.54 Å². The van der Waals surface area contributed by atoms with E-state index in [2.05, 4.69) is 9.97 Å². The van der Waals surface area contributed by atoms with Gasteiger partial charge in [-0.1, -0.05) is 18.2 Å². The monoisotopic (exact) mass is 403 g/mol. The number of benzene rings is 1. The van der Waals surface area contributed by atoms with Crippen LogP contribution in [0.15, 0.2) is 54.2 Å². The van der Waals surface area contributed by atoms with Crippen molar-refractivity contribution in [2.45, 2.75) is 12.7 Å². The lowest BCUT2D eigenvalue weighted by Gasteiger charge is -2.10. The van der Waals surface area contributed by atoms with E-state index in [4.69, 9.17) is 0 Å². The summed E-state index contributed by atoms with van der Waals surface area (Å²) in [7, 11) is 0. The Morgan fingerprint density at radius 1 is 1.18 bits per heavy atom. The van der Waals surface area contributed by atoms with Crippen LogP contribution in [-0.4, -0.2) is 25.6 Å². The van der Waals surface area contributed by atoms with Gasteiger partial charge in [0.15, 0.2) is 11.4 Å². The van der Waals surface area contributed by atoms with Crippen LogP contribution in [0.25, 0.3) is 21.5 Å². The minimum absolute atomic E-state index is 0.0566. The number of hydrogen-bond donors (Lipinski definition) is 1. The van der Waals surface area contributed by atoms with Crippen LogP contribution in [0.1, 0.15) is 21.7 Å². The maximum absolute atomic E-state index is 13.5. The molecule has 1 N–H and O–H groups in total. The van der Waals surface area contributed by atoms with Crippen LogP contribution in [0, 0.1) is 0 Å². The average Bonchev–Trinajstić information content (AvgIpc) is 3.25. The molecular formula is C19H12F3N3O2S. The van der Waals surface area contributed by atoms with Gasteiger partial charge in [-0.15, -0.1) is 11.3 Å². The fourth-order valence-corrected chi connectivity index (χ4v) is 4.02.